The predicted molar refractivity (Wildman–Crippen MR) is 198 cm³/mol. The molecule has 0 amide bonds. The first-order chi connectivity index (χ1) is 23.1. The summed E-state index contributed by atoms with van der Waals surface area (Å²) in [6.07, 6.45) is 0. The van der Waals surface area contributed by atoms with E-state index in [0.29, 0.717) is 5.95 Å². The summed E-state index contributed by atoms with van der Waals surface area (Å²) < 4.78 is 4.81. The van der Waals surface area contributed by atoms with Crippen molar-refractivity contribution in [1.82, 2.24) is 14.5 Å². The van der Waals surface area contributed by atoms with Gasteiger partial charge in [-0.15, -0.1) is 11.3 Å². The fourth-order valence-electron chi connectivity index (χ4n) is 7.85. The third-order valence-electron chi connectivity index (χ3n) is 10.0. The van der Waals surface area contributed by atoms with Gasteiger partial charge in [-0.3, -0.25) is 4.57 Å². The molecule has 10 rings (SSSR count). The molecule has 0 bridgehead atoms. The van der Waals surface area contributed by atoms with E-state index in [1.807, 2.05) is 11.3 Å². The molecule has 0 radical (unpaired) electrons. The molecule has 9 aromatic rings. The molecule has 0 atom stereocenters. The summed E-state index contributed by atoms with van der Waals surface area (Å²) in [5, 5.41) is 5.02. The molecule has 0 fully saturated rings. The molecule has 4 heteroatoms. The molecule has 3 heterocycles. The van der Waals surface area contributed by atoms with Gasteiger partial charge in [-0.05, 0) is 46.5 Å². The number of hydrogen-bond acceptors (Lipinski definition) is 3. The number of fused-ring (bicyclic) bond motifs is 10. The van der Waals surface area contributed by atoms with Gasteiger partial charge in [0.05, 0.1) is 22.4 Å². The Hall–Kier alpha value is -5.58. The molecule has 0 aliphatic heterocycles. The fourth-order valence-corrected chi connectivity index (χ4v) is 9.07. The highest BCUT2D eigenvalue weighted by Crippen LogP contribution is 2.53. The first-order valence-corrected chi connectivity index (χ1v) is 16.9. The second-order valence-corrected chi connectivity index (χ2v) is 14.0. The third kappa shape index (κ3) is 3.73. The van der Waals surface area contributed by atoms with Crippen molar-refractivity contribution in [1.29, 1.82) is 0 Å². The monoisotopic (exact) mass is 619 g/mol. The summed E-state index contributed by atoms with van der Waals surface area (Å²) in [4.78, 5) is 10.7. The molecule has 6 aromatic carbocycles. The van der Waals surface area contributed by atoms with E-state index in [1.54, 1.807) is 0 Å². The number of para-hydroxylation sites is 1. The van der Waals surface area contributed by atoms with E-state index >= 15 is 0 Å². The Balaban J connectivity index is 1.31. The van der Waals surface area contributed by atoms with Crippen LogP contribution in [0.5, 0.6) is 0 Å². The second kappa shape index (κ2) is 9.71. The van der Waals surface area contributed by atoms with Crippen molar-refractivity contribution in [3.05, 3.63) is 151 Å². The summed E-state index contributed by atoms with van der Waals surface area (Å²) in [6, 6.07) is 50.1. The smallest absolute Gasteiger partial charge is 0.235 e. The van der Waals surface area contributed by atoms with Crippen molar-refractivity contribution < 1.29 is 0 Å². The van der Waals surface area contributed by atoms with E-state index in [-0.39, 0.29) is 5.41 Å². The van der Waals surface area contributed by atoms with E-state index in [4.69, 9.17) is 9.97 Å². The number of rotatable bonds is 3. The van der Waals surface area contributed by atoms with Crippen molar-refractivity contribution in [3.63, 3.8) is 0 Å². The lowest BCUT2D eigenvalue weighted by Crippen LogP contribution is -2.14. The molecule has 3 nitrogen and oxygen atoms in total. The lowest BCUT2D eigenvalue weighted by Gasteiger charge is -2.21. The normalized spacial score (nSPS) is 13.5. The number of nitrogens with zero attached hydrogens (tertiary/aromatic N) is 3. The van der Waals surface area contributed by atoms with Crippen LogP contribution in [0.2, 0.25) is 0 Å². The SMILES string of the molecule is CC1(C)c2ccccc2-c2c1ccc1c2c2ccccc2n1-c1nc(-c2ccccc2)cc(-c2cccc3c2sc2ccccc23)n1. The van der Waals surface area contributed by atoms with Crippen LogP contribution in [-0.4, -0.2) is 14.5 Å². The Labute approximate surface area is 276 Å². The van der Waals surface area contributed by atoms with E-state index < -0.39 is 0 Å². The van der Waals surface area contributed by atoms with Gasteiger partial charge in [0, 0.05) is 47.5 Å². The van der Waals surface area contributed by atoms with Gasteiger partial charge in [-0.1, -0.05) is 129 Å². The standard InChI is InChI=1S/C43H29N3S/c1-43(2)32-20-9-6-16-29(32)39-33(43)23-24-37-40(39)31-17-7-10-21-36(31)46(37)42-44-34(26-13-4-3-5-14-26)25-35(45-42)30-19-12-18-28-27-15-8-11-22-38(27)47-41(28)30/h3-25H,1-2H3. The Morgan fingerprint density at radius 1 is 0.553 bits per heavy atom. The average molecular weight is 620 g/mol. The quantitative estimate of drug-likeness (QED) is 0.197. The Kier molecular flexibility index (Phi) is 5.50. The maximum absolute atomic E-state index is 5.42. The van der Waals surface area contributed by atoms with Crippen LogP contribution in [0, 0.1) is 0 Å². The van der Waals surface area contributed by atoms with Gasteiger partial charge in [0.1, 0.15) is 0 Å². The van der Waals surface area contributed by atoms with Gasteiger partial charge >= 0.3 is 0 Å². The van der Waals surface area contributed by atoms with Crippen LogP contribution in [0.4, 0.5) is 0 Å². The first kappa shape index (κ1) is 26.6. The van der Waals surface area contributed by atoms with Gasteiger partial charge < -0.3 is 0 Å². The van der Waals surface area contributed by atoms with E-state index in [1.165, 1.54) is 53.2 Å². The van der Waals surface area contributed by atoms with Crippen LogP contribution in [0.3, 0.4) is 0 Å². The molecule has 3 aromatic heterocycles. The number of benzene rings is 6. The van der Waals surface area contributed by atoms with Gasteiger partial charge in [0.2, 0.25) is 5.95 Å². The molecule has 1 aliphatic carbocycles. The summed E-state index contributed by atoms with van der Waals surface area (Å²) in [5.74, 6) is 0.677. The number of thiophene rings is 1. The van der Waals surface area contributed by atoms with Gasteiger partial charge in [0.25, 0.3) is 0 Å². The minimum absolute atomic E-state index is 0.0802. The molecule has 222 valence electrons. The minimum atomic E-state index is -0.0802. The largest absolute Gasteiger partial charge is 0.278 e. The summed E-state index contributed by atoms with van der Waals surface area (Å²) in [5.41, 5.74) is 11.5. The zero-order chi connectivity index (χ0) is 31.3. The molecule has 0 spiro atoms. The van der Waals surface area contributed by atoms with Crippen LogP contribution < -0.4 is 0 Å². The molecular weight excluding hydrogens is 591 g/mol. The van der Waals surface area contributed by atoms with Crippen LogP contribution in [0.25, 0.3) is 81.6 Å². The van der Waals surface area contributed by atoms with Crippen LogP contribution in [0.15, 0.2) is 140 Å². The lowest BCUT2D eigenvalue weighted by molar-refractivity contribution is 0.661. The molecule has 0 saturated heterocycles. The fraction of sp³-hybridized carbons (Fsp3) is 0.0698. The maximum Gasteiger partial charge on any atom is 0.235 e. The maximum atomic E-state index is 5.42. The molecular formula is C43H29N3S. The highest BCUT2D eigenvalue weighted by molar-refractivity contribution is 7.26. The van der Waals surface area contributed by atoms with Crippen molar-refractivity contribution in [2.24, 2.45) is 0 Å². The molecule has 0 saturated carbocycles. The van der Waals surface area contributed by atoms with E-state index in [9.17, 15) is 0 Å². The number of aromatic nitrogens is 3. The zero-order valence-electron chi connectivity index (χ0n) is 26.0. The van der Waals surface area contributed by atoms with Gasteiger partial charge in [-0.25, -0.2) is 9.97 Å². The van der Waals surface area contributed by atoms with Crippen molar-refractivity contribution in [3.8, 4) is 39.6 Å². The highest BCUT2D eigenvalue weighted by atomic mass is 32.1. The Bertz CT molecular complexity index is 2710. The van der Waals surface area contributed by atoms with Gasteiger partial charge in [0.15, 0.2) is 0 Å². The lowest BCUT2D eigenvalue weighted by atomic mass is 9.82. The minimum Gasteiger partial charge on any atom is -0.278 e. The second-order valence-electron chi connectivity index (χ2n) is 13.0. The molecule has 0 unspecified atom stereocenters. The molecule has 0 N–H and O–H groups in total. The van der Waals surface area contributed by atoms with E-state index in [0.717, 1.165) is 33.5 Å². The summed E-state index contributed by atoms with van der Waals surface area (Å²) in [7, 11) is 0. The summed E-state index contributed by atoms with van der Waals surface area (Å²) >= 11 is 1.83. The summed E-state index contributed by atoms with van der Waals surface area (Å²) in [6.45, 7) is 4.69. The van der Waals surface area contributed by atoms with Gasteiger partial charge in [-0.2, -0.15) is 0 Å². The molecule has 47 heavy (non-hydrogen) atoms. The van der Waals surface area contributed by atoms with Crippen molar-refractivity contribution in [2.45, 2.75) is 19.3 Å². The average Bonchev–Trinajstić information content (AvgIpc) is 3.74. The first-order valence-electron chi connectivity index (χ1n) is 16.1. The van der Waals surface area contributed by atoms with Crippen LogP contribution >= 0.6 is 11.3 Å². The van der Waals surface area contributed by atoms with Crippen molar-refractivity contribution in [2.75, 3.05) is 0 Å². The van der Waals surface area contributed by atoms with Crippen molar-refractivity contribution >= 4 is 53.3 Å². The topological polar surface area (TPSA) is 30.7 Å². The van der Waals surface area contributed by atoms with Crippen LogP contribution in [0.1, 0.15) is 25.0 Å². The predicted octanol–water partition coefficient (Wildman–Crippen LogP) is 11.6. The molecule has 1 aliphatic rings. The third-order valence-corrected chi connectivity index (χ3v) is 11.3. The van der Waals surface area contributed by atoms with E-state index in [2.05, 4.69) is 158 Å². The Morgan fingerprint density at radius 2 is 1.26 bits per heavy atom. The Morgan fingerprint density at radius 3 is 2.15 bits per heavy atom. The highest BCUT2D eigenvalue weighted by Gasteiger charge is 2.37. The number of hydrogen-bond donors (Lipinski definition) is 0. The van der Waals surface area contributed by atoms with Crippen LogP contribution in [-0.2, 0) is 5.41 Å². The zero-order valence-corrected chi connectivity index (χ0v) is 26.8.